The number of methoxy groups -OCH3 is 1. The second kappa shape index (κ2) is 11.7. The summed E-state index contributed by atoms with van der Waals surface area (Å²) in [7, 11) is 1.61. The molecule has 2 aromatic carbocycles. The summed E-state index contributed by atoms with van der Waals surface area (Å²) < 4.78 is 20.7. The summed E-state index contributed by atoms with van der Waals surface area (Å²) in [6, 6.07) is 14.8. The van der Waals surface area contributed by atoms with Crippen molar-refractivity contribution in [3.05, 3.63) is 70.9 Å². The van der Waals surface area contributed by atoms with Gasteiger partial charge in [-0.2, -0.15) is 0 Å². The molecule has 34 heavy (non-hydrogen) atoms. The Kier molecular flexibility index (Phi) is 8.39. The number of hydrogen-bond donors (Lipinski definition) is 1. The number of pyridine rings is 1. The Morgan fingerprint density at radius 1 is 1.21 bits per heavy atom. The Morgan fingerprint density at radius 2 is 2.03 bits per heavy atom. The zero-order valence-corrected chi connectivity index (χ0v) is 20.1. The van der Waals surface area contributed by atoms with Crippen molar-refractivity contribution >= 4 is 22.5 Å². The molecule has 1 aromatic heterocycles. The molecule has 0 bridgehead atoms. The first-order chi connectivity index (χ1) is 16.6. The lowest BCUT2D eigenvalue weighted by Gasteiger charge is -2.37. The highest BCUT2D eigenvalue weighted by Crippen LogP contribution is 2.35. The third-order valence-electron chi connectivity index (χ3n) is 6.70. The second-order valence-electron chi connectivity index (χ2n) is 8.86. The van der Waals surface area contributed by atoms with Crippen LogP contribution in [0, 0.1) is 23.7 Å². The van der Waals surface area contributed by atoms with E-state index >= 15 is 4.39 Å². The SMILES string of the molecule is COc1ccc2nccc([C@@H](F)CC[C@@H]3CCN(CC#Cc4ccc(Cl)cc4)C[C@@H]3CO)c2c1. The maximum absolute atomic E-state index is 15.3. The fourth-order valence-corrected chi connectivity index (χ4v) is 4.86. The first-order valence-electron chi connectivity index (χ1n) is 11.7. The summed E-state index contributed by atoms with van der Waals surface area (Å²) in [6.07, 6.45) is 2.68. The van der Waals surface area contributed by atoms with E-state index in [1.54, 1.807) is 19.4 Å². The number of aliphatic hydroxyl groups is 1. The van der Waals surface area contributed by atoms with Crippen molar-refractivity contribution in [2.45, 2.75) is 25.4 Å². The number of alkyl halides is 1. The van der Waals surface area contributed by atoms with Crippen LogP contribution in [0.15, 0.2) is 54.7 Å². The molecule has 1 saturated heterocycles. The number of fused-ring (bicyclic) bond motifs is 1. The van der Waals surface area contributed by atoms with Gasteiger partial charge in [0.1, 0.15) is 11.9 Å². The van der Waals surface area contributed by atoms with Gasteiger partial charge in [-0.15, -0.1) is 0 Å². The molecule has 3 aromatic rings. The average Bonchev–Trinajstić information content (AvgIpc) is 2.88. The van der Waals surface area contributed by atoms with Crippen molar-refractivity contribution in [2.75, 3.05) is 33.4 Å². The molecular formula is C28H30ClFN2O2. The molecule has 1 aliphatic heterocycles. The summed E-state index contributed by atoms with van der Waals surface area (Å²) in [4.78, 5) is 6.63. The Bertz CT molecular complexity index is 1160. The van der Waals surface area contributed by atoms with Crippen LogP contribution in [-0.4, -0.2) is 48.3 Å². The molecule has 0 radical (unpaired) electrons. The topological polar surface area (TPSA) is 45.6 Å². The van der Waals surface area contributed by atoms with Crippen LogP contribution in [0.2, 0.25) is 5.02 Å². The monoisotopic (exact) mass is 480 g/mol. The molecule has 4 nitrogen and oxygen atoms in total. The van der Waals surface area contributed by atoms with Gasteiger partial charge < -0.3 is 9.84 Å². The van der Waals surface area contributed by atoms with Crippen molar-refractivity contribution < 1.29 is 14.2 Å². The van der Waals surface area contributed by atoms with Crippen LogP contribution in [0.4, 0.5) is 4.39 Å². The summed E-state index contributed by atoms with van der Waals surface area (Å²) in [5, 5.41) is 11.5. The molecule has 1 fully saturated rings. The minimum Gasteiger partial charge on any atom is -0.497 e. The average molecular weight is 481 g/mol. The van der Waals surface area contributed by atoms with Crippen molar-refractivity contribution in [1.82, 2.24) is 9.88 Å². The van der Waals surface area contributed by atoms with E-state index in [0.717, 1.165) is 42.4 Å². The minimum atomic E-state index is -1.08. The van der Waals surface area contributed by atoms with Crippen LogP contribution < -0.4 is 4.74 Å². The number of aromatic nitrogens is 1. The molecule has 178 valence electrons. The summed E-state index contributed by atoms with van der Waals surface area (Å²) >= 11 is 5.92. The Balaban J connectivity index is 1.33. The van der Waals surface area contributed by atoms with E-state index in [0.29, 0.717) is 35.2 Å². The number of nitrogens with zero attached hydrogens (tertiary/aromatic N) is 2. The van der Waals surface area contributed by atoms with E-state index in [-0.39, 0.29) is 12.5 Å². The summed E-state index contributed by atoms with van der Waals surface area (Å²) in [5.41, 5.74) is 2.36. The fourth-order valence-electron chi connectivity index (χ4n) is 4.74. The highest BCUT2D eigenvalue weighted by molar-refractivity contribution is 6.30. The second-order valence-corrected chi connectivity index (χ2v) is 9.30. The lowest BCUT2D eigenvalue weighted by atomic mass is 9.81. The number of halogens is 2. The van der Waals surface area contributed by atoms with Crippen LogP contribution in [0.3, 0.4) is 0 Å². The maximum atomic E-state index is 15.3. The highest BCUT2D eigenvalue weighted by atomic mass is 35.5. The van der Waals surface area contributed by atoms with Crippen molar-refractivity contribution in [1.29, 1.82) is 0 Å². The van der Waals surface area contributed by atoms with E-state index < -0.39 is 6.17 Å². The fraction of sp³-hybridized carbons (Fsp3) is 0.393. The summed E-state index contributed by atoms with van der Waals surface area (Å²) in [5.74, 6) is 7.52. The number of likely N-dealkylation sites (tertiary alicyclic amines) is 1. The van der Waals surface area contributed by atoms with E-state index in [9.17, 15) is 5.11 Å². The predicted octanol–water partition coefficient (Wildman–Crippen LogP) is 5.67. The molecule has 1 N–H and O–H groups in total. The molecule has 6 heteroatoms. The molecule has 0 spiro atoms. The lowest BCUT2D eigenvalue weighted by Crippen LogP contribution is -2.42. The molecule has 2 heterocycles. The Morgan fingerprint density at radius 3 is 2.79 bits per heavy atom. The van der Waals surface area contributed by atoms with Crippen LogP contribution in [0.25, 0.3) is 10.9 Å². The molecule has 3 atom stereocenters. The number of benzene rings is 2. The quantitative estimate of drug-likeness (QED) is 0.442. The predicted molar refractivity (Wildman–Crippen MR) is 135 cm³/mol. The minimum absolute atomic E-state index is 0.109. The number of ether oxygens (including phenoxy) is 1. The normalized spacial score (nSPS) is 19.4. The molecular weight excluding hydrogens is 451 g/mol. The summed E-state index contributed by atoms with van der Waals surface area (Å²) in [6.45, 7) is 2.45. The van der Waals surface area contributed by atoms with Gasteiger partial charge >= 0.3 is 0 Å². The third-order valence-corrected chi connectivity index (χ3v) is 6.95. The smallest absolute Gasteiger partial charge is 0.126 e. The third kappa shape index (κ3) is 6.07. The van der Waals surface area contributed by atoms with Gasteiger partial charge in [0.15, 0.2) is 0 Å². The number of piperidine rings is 1. The highest BCUT2D eigenvalue weighted by Gasteiger charge is 2.29. The number of hydrogen-bond acceptors (Lipinski definition) is 4. The van der Waals surface area contributed by atoms with Gasteiger partial charge in [-0.3, -0.25) is 9.88 Å². The Hall–Kier alpha value is -2.65. The molecule has 0 unspecified atom stereocenters. The van der Waals surface area contributed by atoms with Gasteiger partial charge in [-0.05, 0) is 91.7 Å². The number of aliphatic hydroxyl groups excluding tert-OH is 1. The van der Waals surface area contributed by atoms with Crippen molar-refractivity contribution in [2.24, 2.45) is 11.8 Å². The largest absolute Gasteiger partial charge is 0.497 e. The van der Waals surface area contributed by atoms with Crippen LogP contribution in [0.5, 0.6) is 5.75 Å². The van der Waals surface area contributed by atoms with Crippen molar-refractivity contribution in [3.8, 4) is 17.6 Å². The van der Waals surface area contributed by atoms with E-state index in [2.05, 4.69) is 21.7 Å². The van der Waals surface area contributed by atoms with E-state index in [1.807, 2.05) is 42.5 Å². The Labute approximate surface area is 205 Å². The maximum Gasteiger partial charge on any atom is 0.126 e. The standard InChI is InChI=1S/C28H30ClFN2O2/c1-34-24-9-11-28-26(17-24)25(12-14-31-28)27(30)10-6-21-13-16-32(18-22(21)19-33)15-2-3-20-4-7-23(29)8-5-20/h4-5,7-9,11-12,14,17,21-22,27,33H,6,10,13,15-16,18-19H2,1H3/t21-,22-,27+/m1/s1. The zero-order chi connectivity index (χ0) is 23.9. The van der Waals surface area contributed by atoms with E-state index in [4.69, 9.17) is 16.3 Å². The van der Waals surface area contributed by atoms with Crippen LogP contribution in [0.1, 0.15) is 36.6 Å². The van der Waals surface area contributed by atoms with Gasteiger partial charge in [-0.25, -0.2) is 4.39 Å². The van der Waals surface area contributed by atoms with Gasteiger partial charge in [0, 0.05) is 35.3 Å². The molecule has 0 amide bonds. The van der Waals surface area contributed by atoms with Gasteiger partial charge in [0.2, 0.25) is 0 Å². The zero-order valence-electron chi connectivity index (χ0n) is 19.4. The molecule has 0 aliphatic carbocycles. The lowest BCUT2D eigenvalue weighted by molar-refractivity contribution is 0.0708. The van der Waals surface area contributed by atoms with Crippen molar-refractivity contribution in [3.63, 3.8) is 0 Å². The van der Waals surface area contributed by atoms with Gasteiger partial charge in [0.25, 0.3) is 0 Å². The molecule has 0 saturated carbocycles. The van der Waals surface area contributed by atoms with Crippen LogP contribution in [-0.2, 0) is 0 Å². The van der Waals surface area contributed by atoms with Crippen LogP contribution >= 0.6 is 11.6 Å². The molecule has 4 rings (SSSR count). The molecule has 1 aliphatic rings. The van der Waals surface area contributed by atoms with E-state index in [1.165, 1.54) is 0 Å². The number of rotatable bonds is 7. The van der Waals surface area contributed by atoms with Gasteiger partial charge in [-0.1, -0.05) is 23.4 Å². The first-order valence-corrected chi connectivity index (χ1v) is 12.1. The van der Waals surface area contributed by atoms with Gasteiger partial charge in [0.05, 0.1) is 19.2 Å². The first kappa shape index (κ1) is 24.5.